The van der Waals surface area contributed by atoms with E-state index in [1.807, 2.05) is 36.4 Å². The molecule has 1 amide bonds. The van der Waals surface area contributed by atoms with Gasteiger partial charge in [0.25, 0.3) is 27.1 Å². The number of ether oxygens (including phenoxy) is 4. The number of nitrogens with zero attached hydrogens (tertiary/aromatic N) is 4. The van der Waals surface area contributed by atoms with Gasteiger partial charge in [-0.05, 0) is 112 Å². The van der Waals surface area contributed by atoms with E-state index in [2.05, 4.69) is 24.4 Å². The third-order valence-electron chi connectivity index (χ3n) is 13.2. The first kappa shape index (κ1) is 45.5. The van der Waals surface area contributed by atoms with E-state index in [9.17, 15) is 27.6 Å². The van der Waals surface area contributed by atoms with E-state index in [0.717, 1.165) is 60.3 Å². The number of hydrogen-bond acceptors (Lipinski definition) is 12. The lowest BCUT2D eigenvalue weighted by Crippen LogP contribution is -2.27. The Morgan fingerprint density at radius 2 is 1.06 bits per heavy atom. The Morgan fingerprint density at radius 3 is 1.66 bits per heavy atom. The normalized spacial score (nSPS) is 12.7. The van der Waals surface area contributed by atoms with Crippen molar-refractivity contribution in [2.24, 2.45) is 0 Å². The summed E-state index contributed by atoms with van der Waals surface area (Å²) in [5, 5.41) is 12.7. The lowest BCUT2D eigenvalue weighted by atomic mass is 9.86. The van der Waals surface area contributed by atoms with Crippen molar-refractivity contribution in [2.45, 2.75) is 32.6 Å². The Balaban J connectivity index is 0.900. The van der Waals surface area contributed by atoms with Crippen LogP contribution < -0.4 is 16.4 Å². The van der Waals surface area contributed by atoms with Gasteiger partial charge in [0.1, 0.15) is 11.3 Å². The molecule has 0 bridgehead atoms. The molecule has 11 aromatic rings. The maximum atomic E-state index is 14.6. The first-order chi connectivity index (χ1) is 34.0. The number of nitrogens with one attached hydrogen (secondary N) is 1. The van der Waals surface area contributed by atoms with Gasteiger partial charge < -0.3 is 24.3 Å². The van der Waals surface area contributed by atoms with Crippen molar-refractivity contribution >= 4 is 120 Å². The van der Waals surface area contributed by atoms with Crippen LogP contribution in [0.2, 0.25) is 0 Å². The van der Waals surface area contributed by atoms with Crippen LogP contribution in [0.1, 0.15) is 53.3 Å². The van der Waals surface area contributed by atoms with E-state index in [-0.39, 0.29) is 68.0 Å². The molecular formula is C53H47N5O11S. The highest BCUT2D eigenvalue weighted by atomic mass is 32.2. The summed E-state index contributed by atoms with van der Waals surface area (Å²) >= 11 is 0. The number of hydrogen-bond donors (Lipinski definition) is 2. The van der Waals surface area contributed by atoms with Crippen molar-refractivity contribution in [3.63, 3.8) is 0 Å². The van der Waals surface area contributed by atoms with Gasteiger partial charge in [0, 0.05) is 76.2 Å². The topological polar surface area (TPSA) is 206 Å². The summed E-state index contributed by atoms with van der Waals surface area (Å²) in [5.74, 6) is -0.731. The molecule has 16 nitrogen and oxygen atoms in total. The molecule has 0 aliphatic heterocycles. The molecule has 356 valence electrons. The molecule has 0 atom stereocenters. The van der Waals surface area contributed by atoms with Crippen LogP contribution in [-0.2, 0) is 29.1 Å². The molecule has 0 saturated carbocycles. The zero-order valence-corrected chi connectivity index (χ0v) is 39.0. The number of ketones is 1. The number of Topliss-reactive ketones (excluding diaryl/α,β-unsaturated/α-hetero) is 1. The third kappa shape index (κ3) is 7.88. The summed E-state index contributed by atoms with van der Waals surface area (Å²) in [6.45, 7) is 5.34. The predicted molar refractivity (Wildman–Crippen MR) is 271 cm³/mol. The summed E-state index contributed by atoms with van der Waals surface area (Å²) in [6.07, 6.45) is 2.01. The fourth-order valence-corrected chi connectivity index (χ4v) is 10.5. The number of carbonyl (C=O) groups is 2. The molecule has 0 unspecified atom stereocenters. The van der Waals surface area contributed by atoms with Gasteiger partial charge >= 0.3 is 0 Å². The van der Waals surface area contributed by atoms with Crippen LogP contribution >= 0.6 is 0 Å². The van der Waals surface area contributed by atoms with Crippen molar-refractivity contribution in [1.29, 1.82) is 0 Å². The molecule has 0 aliphatic carbocycles. The van der Waals surface area contributed by atoms with E-state index in [1.54, 1.807) is 45.2 Å². The van der Waals surface area contributed by atoms with Crippen LogP contribution in [-0.4, -0.2) is 109 Å². The van der Waals surface area contributed by atoms with Crippen molar-refractivity contribution in [2.75, 3.05) is 65.2 Å². The van der Waals surface area contributed by atoms with Gasteiger partial charge in [-0.3, -0.25) is 32.5 Å². The minimum atomic E-state index is -4.02. The number of rotatable bonds is 21. The van der Waals surface area contributed by atoms with Crippen LogP contribution in [0.3, 0.4) is 0 Å². The first-order valence-electron chi connectivity index (χ1n) is 23.4. The third-order valence-corrected chi connectivity index (χ3v) is 14.0. The molecule has 2 N–H and O–H groups in total. The fraction of sp³-hybridized carbons (Fsp3) is 0.283. The molecule has 4 heterocycles. The first-order valence-corrected chi connectivity index (χ1v) is 25.1. The number of pyridine rings is 2. The highest BCUT2D eigenvalue weighted by Crippen LogP contribution is 2.46. The van der Waals surface area contributed by atoms with Crippen molar-refractivity contribution in [1.82, 2.24) is 24.1 Å². The summed E-state index contributed by atoms with van der Waals surface area (Å²) in [4.78, 5) is 65.6. The average Bonchev–Trinajstić information content (AvgIpc) is 3.94. The van der Waals surface area contributed by atoms with Crippen LogP contribution in [0.25, 0.3) is 98.0 Å². The number of aromatic nitrogens is 4. The number of imidazole rings is 2. The van der Waals surface area contributed by atoms with Crippen LogP contribution in [0.5, 0.6) is 0 Å². The molecule has 17 heteroatoms. The molecule has 0 fully saturated rings. The molecule has 11 rings (SSSR count). The summed E-state index contributed by atoms with van der Waals surface area (Å²) in [6, 6.07) is 26.3. The van der Waals surface area contributed by atoms with E-state index < -0.39 is 10.1 Å². The van der Waals surface area contributed by atoms with E-state index in [0.29, 0.717) is 94.5 Å². The molecule has 4 aromatic heterocycles. The van der Waals surface area contributed by atoms with Gasteiger partial charge in [-0.1, -0.05) is 31.2 Å². The Bertz CT molecular complexity index is 4080. The average molecular weight is 962 g/mol. The summed E-state index contributed by atoms with van der Waals surface area (Å²) in [7, 11) is -4.02. The van der Waals surface area contributed by atoms with Gasteiger partial charge in [0.05, 0.1) is 60.9 Å². The second-order valence-corrected chi connectivity index (χ2v) is 19.1. The summed E-state index contributed by atoms with van der Waals surface area (Å²) in [5.41, 5.74) is 3.68. The van der Waals surface area contributed by atoms with Gasteiger partial charge in [-0.15, -0.1) is 0 Å². The highest BCUT2D eigenvalue weighted by Gasteiger charge is 2.25. The van der Waals surface area contributed by atoms with Gasteiger partial charge in [0.15, 0.2) is 5.78 Å². The minimum Gasteiger partial charge on any atom is -0.379 e. The molecular weight excluding hydrogens is 915 g/mol. The monoisotopic (exact) mass is 961 g/mol. The lowest BCUT2D eigenvalue weighted by molar-refractivity contribution is 0.0463. The Labute approximate surface area is 398 Å². The molecule has 0 radical (unpaired) electrons. The quantitative estimate of drug-likeness (QED) is 0.0233. The highest BCUT2D eigenvalue weighted by molar-refractivity contribution is 7.85. The maximum absolute atomic E-state index is 14.6. The van der Waals surface area contributed by atoms with E-state index >= 15 is 0 Å². The van der Waals surface area contributed by atoms with Crippen molar-refractivity contribution < 1.29 is 41.5 Å². The number of amides is 1. The molecule has 7 aromatic carbocycles. The minimum absolute atomic E-state index is 0.0325. The molecule has 0 spiro atoms. The Kier molecular flexibility index (Phi) is 11.9. The second-order valence-electron chi connectivity index (χ2n) is 17.6. The standard InChI is InChI=1S/C53H47N5O11S/c1-2-19-66-23-24-67-20-3-5-44(59)30-6-16-40-43(29-30)58-49(55-40)36-12-8-32-33-9-13-37-48-38(14-10-34(46(33)48)35-11-15-39(53(58)62)47(36)45(32)35)52(61)57-42-17-7-31(28-41(42)56-50(37)57)51(60)54-18-22-69-26-25-68-21-4-27-70(63,64)65/h6-17,28-29H,2-5,18-27H2,1H3,(H,54,60)(H,63,64,65). The smallest absolute Gasteiger partial charge is 0.264 e. The van der Waals surface area contributed by atoms with Gasteiger partial charge in [-0.2, -0.15) is 8.42 Å². The Hall–Kier alpha value is -6.99. The SMILES string of the molecule is CCCOCCOCCCC(=O)c1ccc2nc3c4ccc5c6ccc7c8c(ccc(c9ccc(c(=O)n3c2c1)c4c95)c68)c(=O)n1c2ccc(C(=O)NCCOCCOCCCS(=O)(=O)O)cc2nc71. The summed E-state index contributed by atoms with van der Waals surface area (Å²) < 4.78 is 55.6. The van der Waals surface area contributed by atoms with Gasteiger partial charge in [-0.25, -0.2) is 9.97 Å². The number of benzene rings is 7. The zero-order chi connectivity index (χ0) is 48.3. The second kappa shape index (κ2) is 18.4. The number of carbonyl (C=O) groups excluding carboxylic acids is 2. The largest absolute Gasteiger partial charge is 0.379 e. The molecule has 0 aliphatic rings. The van der Waals surface area contributed by atoms with Crippen LogP contribution in [0.15, 0.2) is 94.5 Å². The van der Waals surface area contributed by atoms with Crippen LogP contribution in [0.4, 0.5) is 0 Å². The molecule has 0 saturated heterocycles. The zero-order valence-electron chi connectivity index (χ0n) is 38.2. The van der Waals surface area contributed by atoms with Crippen LogP contribution in [0, 0.1) is 0 Å². The van der Waals surface area contributed by atoms with Crippen molar-refractivity contribution in [3.05, 3.63) is 117 Å². The van der Waals surface area contributed by atoms with E-state index in [1.165, 1.54) is 0 Å². The fourth-order valence-electron chi connectivity index (χ4n) is 10.1. The van der Waals surface area contributed by atoms with E-state index in [4.69, 9.17) is 33.5 Å². The number of fused-ring (bicyclic) bond motifs is 10. The lowest BCUT2D eigenvalue weighted by Gasteiger charge is -2.18. The maximum Gasteiger partial charge on any atom is 0.264 e. The molecule has 70 heavy (non-hydrogen) atoms. The van der Waals surface area contributed by atoms with Crippen molar-refractivity contribution in [3.8, 4) is 0 Å². The predicted octanol–water partition coefficient (Wildman–Crippen LogP) is 7.69. The van der Waals surface area contributed by atoms with Gasteiger partial charge in [0.2, 0.25) is 0 Å². The Morgan fingerprint density at radius 1 is 0.557 bits per heavy atom.